The van der Waals surface area contributed by atoms with Crippen LogP contribution in [0.3, 0.4) is 0 Å². The molecule has 2 aromatic carbocycles. The SMILES string of the molecule is COc1cc(/C=C/c2cccc3ccccc23)oc(=O)c1. The zero-order chi connectivity index (χ0) is 14.7. The van der Waals surface area contributed by atoms with Crippen molar-refractivity contribution < 1.29 is 9.15 Å². The molecule has 0 aliphatic heterocycles. The second-order valence-corrected chi connectivity index (χ2v) is 4.62. The maximum Gasteiger partial charge on any atom is 0.339 e. The highest BCUT2D eigenvalue weighted by molar-refractivity contribution is 5.92. The number of hydrogen-bond acceptors (Lipinski definition) is 3. The Hall–Kier alpha value is -2.81. The van der Waals surface area contributed by atoms with Crippen LogP contribution in [0, 0.1) is 0 Å². The Kier molecular flexibility index (Phi) is 3.56. The van der Waals surface area contributed by atoms with Crippen LogP contribution in [0.25, 0.3) is 22.9 Å². The molecule has 0 bridgehead atoms. The summed E-state index contributed by atoms with van der Waals surface area (Å²) in [5.74, 6) is 0.955. The number of rotatable bonds is 3. The van der Waals surface area contributed by atoms with Gasteiger partial charge < -0.3 is 9.15 Å². The predicted octanol–water partition coefficient (Wildman–Crippen LogP) is 3.97. The second kappa shape index (κ2) is 5.67. The average molecular weight is 278 g/mol. The molecule has 0 radical (unpaired) electrons. The van der Waals surface area contributed by atoms with E-state index in [4.69, 9.17) is 9.15 Å². The summed E-state index contributed by atoms with van der Waals surface area (Å²) >= 11 is 0. The van der Waals surface area contributed by atoms with Crippen LogP contribution in [-0.4, -0.2) is 7.11 Å². The Bertz CT molecular complexity index is 854. The third-order valence-corrected chi connectivity index (χ3v) is 3.25. The first-order valence-electron chi connectivity index (χ1n) is 6.61. The summed E-state index contributed by atoms with van der Waals surface area (Å²) in [6, 6.07) is 17.2. The van der Waals surface area contributed by atoms with E-state index in [9.17, 15) is 4.79 Å². The lowest BCUT2D eigenvalue weighted by atomic mass is 10.0. The fourth-order valence-corrected chi connectivity index (χ4v) is 2.24. The van der Waals surface area contributed by atoms with E-state index in [0.717, 1.165) is 10.9 Å². The predicted molar refractivity (Wildman–Crippen MR) is 84.4 cm³/mol. The van der Waals surface area contributed by atoms with Crippen molar-refractivity contribution in [1.82, 2.24) is 0 Å². The molecule has 0 fully saturated rings. The molecule has 1 heterocycles. The molecular weight excluding hydrogens is 264 g/mol. The van der Waals surface area contributed by atoms with Gasteiger partial charge in [0.15, 0.2) is 0 Å². The average Bonchev–Trinajstić information content (AvgIpc) is 2.52. The van der Waals surface area contributed by atoms with Gasteiger partial charge in [0.25, 0.3) is 0 Å². The van der Waals surface area contributed by atoms with E-state index in [1.54, 1.807) is 12.1 Å². The molecule has 0 atom stereocenters. The Balaban J connectivity index is 2.02. The van der Waals surface area contributed by atoms with Crippen LogP contribution in [0.1, 0.15) is 11.3 Å². The summed E-state index contributed by atoms with van der Waals surface area (Å²) < 4.78 is 10.2. The van der Waals surface area contributed by atoms with E-state index in [-0.39, 0.29) is 0 Å². The molecule has 0 amide bonds. The van der Waals surface area contributed by atoms with Crippen molar-refractivity contribution in [3.8, 4) is 5.75 Å². The van der Waals surface area contributed by atoms with Crippen LogP contribution in [0.4, 0.5) is 0 Å². The third-order valence-electron chi connectivity index (χ3n) is 3.25. The first-order valence-corrected chi connectivity index (χ1v) is 6.61. The monoisotopic (exact) mass is 278 g/mol. The zero-order valence-corrected chi connectivity index (χ0v) is 11.6. The van der Waals surface area contributed by atoms with E-state index in [0.29, 0.717) is 11.5 Å². The van der Waals surface area contributed by atoms with Gasteiger partial charge in [0.05, 0.1) is 13.2 Å². The zero-order valence-electron chi connectivity index (χ0n) is 11.6. The minimum Gasteiger partial charge on any atom is -0.496 e. The molecule has 3 nitrogen and oxygen atoms in total. The molecule has 1 aromatic heterocycles. The molecule has 0 saturated carbocycles. The summed E-state index contributed by atoms with van der Waals surface area (Å²) in [6.07, 6.45) is 3.70. The van der Waals surface area contributed by atoms with Crippen molar-refractivity contribution in [1.29, 1.82) is 0 Å². The smallest absolute Gasteiger partial charge is 0.339 e. The number of methoxy groups -OCH3 is 1. The molecular formula is C18H14O3. The van der Waals surface area contributed by atoms with E-state index < -0.39 is 5.63 Å². The van der Waals surface area contributed by atoms with Crippen molar-refractivity contribution >= 4 is 22.9 Å². The van der Waals surface area contributed by atoms with Crippen LogP contribution >= 0.6 is 0 Å². The molecule has 0 N–H and O–H groups in total. The summed E-state index contributed by atoms with van der Waals surface area (Å²) in [4.78, 5) is 11.4. The molecule has 0 spiro atoms. The van der Waals surface area contributed by atoms with Crippen molar-refractivity contribution in [3.05, 3.63) is 76.3 Å². The van der Waals surface area contributed by atoms with Crippen LogP contribution in [0.15, 0.2) is 63.8 Å². The van der Waals surface area contributed by atoms with E-state index in [2.05, 4.69) is 18.2 Å². The number of benzene rings is 2. The largest absolute Gasteiger partial charge is 0.496 e. The molecule has 21 heavy (non-hydrogen) atoms. The van der Waals surface area contributed by atoms with Crippen molar-refractivity contribution in [2.24, 2.45) is 0 Å². The highest BCUT2D eigenvalue weighted by Gasteiger charge is 2.00. The number of hydrogen-bond donors (Lipinski definition) is 0. The Labute approximate surface area is 122 Å². The molecule has 0 saturated heterocycles. The fraction of sp³-hybridized carbons (Fsp3) is 0.0556. The molecule has 0 unspecified atom stereocenters. The fourth-order valence-electron chi connectivity index (χ4n) is 2.24. The Morgan fingerprint density at radius 3 is 2.67 bits per heavy atom. The van der Waals surface area contributed by atoms with Gasteiger partial charge in [0.2, 0.25) is 0 Å². The Morgan fingerprint density at radius 2 is 1.81 bits per heavy atom. The van der Waals surface area contributed by atoms with Gasteiger partial charge in [-0.1, -0.05) is 48.5 Å². The van der Waals surface area contributed by atoms with E-state index >= 15 is 0 Å². The van der Waals surface area contributed by atoms with Crippen LogP contribution < -0.4 is 10.4 Å². The minimum absolute atomic E-state index is 0.424. The van der Waals surface area contributed by atoms with Crippen LogP contribution in [0.5, 0.6) is 5.75 Å². The van der Waals surface area contributed by atoms with E-state index in [1.165, 1.54) is 18.6 Å². The minimum atomic E-state index is -0.424. The molecule has 3 aromatic rings. The van der Waals surface area contributed by atoms with Gasteiger partial charge in [-0.05, 0) is 22.4 Å². The molecule has 3 rings (SSSR count). The standard InChI is InChI=1S/C18H14O3/c1-20-16-11-15(21-18(19)12-16)10-9-14-7-4-6-13-5-2-3-8-17(13)14/h2-12H,1H3/b10-9+. The van der Waals surface area contributed by atoms with Gasteiger partial charge in [-0.15, -0.1) is 0 Å². The van der Waals surface area contributed by atoms with Gasteiger partial charge in [-0.3, -0.25) is 0 Å². The molecule has 0 aliphatic carbocycles. The van der Waals surface area contributed by atoms with Gasteiger partial charge in [0, 0.05) is 6.07 Å². The lowest BCUT2D eigenvalue weighted by Crippen LogP contribution is -1.98. The Morgan fingerprint density at radius 1 is 1.00 bits per heavy atom. The number of fused-ring (bicyclic) bond motifs is 1. The summed E-state index contributed by atoms with van der Waals surface area (Å²) in [6.45, 7) is 0. The topological polar surface area (TPSA) is 39.4 Å². The molecule has 3 heteroatoms. The van der Waals surface area contributed by atoms with Crippen LogP contribution in [-0.2, 0) is 0 Å². The highest BCUT2D eigenvalue weighted by atomic mass is 16.5. The molecule has 0 aliphatic rings. The van der Waals surface area contributed by atoms with Gasteiger partial charge in [-0.25, -0.2) is 4.79 Å². The first kappa shape index (κ1) is 13.2. The van der Waals surface area contributed by atoms with Crippen molar-refractivity contribution in [3.63, 3.8) is 0 Å². The third kappa shape index (κ3) is 2.87. The van der Waals surface area contributed by atoms with Crippen molar-refractivity contribution in [2.45, 2.75) is 0 Å². The summed E-state index contributed by atoms with van der Waals surface area (Å²) in [5.41, 5.74) is 0.644. The number of ether oxygens (including phenoxy) is 1. The maximum atomic E-state index is 11.4. The summed E-state index contributed by atoms with van der Waals surface area (Å²) in [7, 11) is 1.52. The highest BCUT2D eigenvalue weighted by Crippen LogP contribution is 2.21. The summed E-state index contributed by atoms with van der Waals surface area (Å²) in [5, 5.41) is 2.33. The van der Waals surface area contributed by atoms with Gasteiger partial charge >= 0.3 is 5.63 Å². The lowest BCUT2D eigenvalue weighted by molar-refractivity contribution is 0.400. The van der Waals surface area contributed by atoms with Crippen LogP contribution in [0.2, 0.25) is 0 Å². The van der Waals surface area contributed by atoms with Crippen molar-refractivity contribution in [2.75, 3.05) is 7.11 Å². The normalized spacial score (nSPS) is 11.1. The quantitative estimate of drug-likeness (QED) is 0.727. The van der Waals surface area contributed by atoms with Gasteiger partial charge in [-0.2, -0.15) is 0 Å². The van der Waals surface area contributed by atoms with E-state index in [1.807, 2.05) is 30.3 Å². The maximum absolute atomic E-state index is 11.4. The van der Waals surface area contributed by atoms with Gasteiger partial charge in [0.1, 0.15) is 11.5 Å². The second-order valence-electron chi connectivity index (χ2n) is 4.62. The first-order chi connectivity index (χ1) is 10.3. The lowest BCUT2D eigenvalue weighted by Gasteiger charge is -2.02. The molecule has 104 valence electrons.